The van der Waals surface area contributed by atoms with Gasteiger partial charge in [-0.2, -0.15) is 0 Å². The van der Waals surface area contributed by atoms with Crippen molar-refractivity contribution in [2.45, 2.75) is 33.4 Å². The van der Waals surface area contributed by atoms with Crippen LogP contribution in [0.15, 0.2) is 18.2 Å². The molecule has 0 aliphatic heterocycles. The lowest BCUT2D eigenvalue weighted by atomic mass is 10.1. The Kier molecular flexibility index (Phi) is 6.12. The lowest BCUT2D eigenvalue weighted by molar-refractivity contribution is -0.120. The molecule has 0 spiro atoms. The van der Waals surface area contributed by atoms with Crippen molar-refractivity contribution in [2.75, 3.05) is 18.0 Å². The zero-order valence-corrected chi connectivity index (χ0v) is 12.5. The molecule has 0 atom stereocenters. The standard InChI is InChI=1S/C14H22ClN3O/c1-4-18(9-14(19)17-10(2)3)13-6-5-12(15)7-11(13)8-16/h5-7,10H,4,8-9,16H2,1-3H3,(H,17,19). The second-order valence-electron chi connectivity index (χ2n) is 4.71. The second-order valence-corrected chi connectivity index (χ2v) is 5.15. The zero-order chi connectivity index (χ0) is 14.4. The third-order valence-electron chi connectivity index (χ3n) is 2.77. The smallest absolute Gasteiger partial charge is 0.239 e. The van der Waals surface area contributed by atoms with Gasteiger partial charge in [0, 0.05) is 29.8 Å². The fourth-order valence-electron chi connectivity index (χ4n) is 1.93. The van der Waals surface area contributed by atoms with Crippen molar-refractivity contribution >= 4 is 23.2 Å². The molecule has 0 saturated heterocycles. The van der Waals surface area contributed by atoms with Gasteiger partial charge in [0.25, 0.3) is 0 Å². The number of likely N-dealkylation sites (N-methyl/N-ethyl adjacent to an activating group) is 1. The number of benzene rings is 1. The molecule has 0 unspecified atom stereocenters. The minimum Gasteiger partial charge on any atom is -0.362 e. The largest absolute Gasteiger partial charge is 0.362 e. The van der Waals surface area contributed by atoms with E-state index in [9.17, 15) is 4.79 Å². The number of hydrogen-bond donors (Lipinski definition) is 2. The predicted molar refractivity (Wildman–Crippen MR) is 80.5 cm³/mol. The van der Waals surface area contributed by atoms with Crippen LogP contribution in [0.1, 0.15) is 26.3 Å². The molecule has 3 N–H and O–H groups in total. The minimum absolute atomic E-state index is 0.00905. The lowest BCUT2D eigenvalue weighted by Crippen LogP contribution is -2.40. The van der Waals surface area contributed by atoms with Gasteiger partial charge in [-0.3, -0.25) is 4.79 Å². The summed E-state index contributed by atoms with van der Waals surface area (Å²) in [6, 6.07) is 5.72. The highest BCUT2D eigenvalue weighted by Gasteiger charge is 2.13. The summed E-state index contributed by atoms with van der Waals surface area (Å²) in [4.78, 5) is 13.8. The van der Waals surface area contributed by atoms with E-state index in [2.05, 4.69) is 5.32 Å². The molecule has 0 aliphatic rings. The summed E-state index contributed by atoms with van der Waals surface area (Å²) in [5, 5.41) is 3.55. The number of nitrogens with one attached hydrogen (secondary N) is 1. The number of carbonyl (C=O) groups excluding carboxylic acids is 1. The van der Waals surface area contributed by atoms with Crippen LogP contribution in [0.2, 0.25) is 5.02 Å². The van der Waals surface area contributed by atoms with Crippen LogP contribution < -0.4 is 16.0 Å². The first kappa shape index (κ1) is 15.8. The van der Waals surface area contributed by atoms with Crippen molar-refractivity contribution in [1.29, 1.82) is 0 Å². The molecule has 1 amide bonds. The number of nitrogens with two attached hydrogens (primary N) is 1. The minimum atomic E-state index is 0.00905. The van der Waals surface area contributed by atoms with Crippen LogP contribution in [0.5, 0.6) is 0 Å². The maximum atomic E-state index is 11.9. The Morgan fingerprint density at radius 1 is 1.47 bits per heavy atom. The first-order valence-electron chi connectivity index (χ1n) is 6.50. The van der Waals surface area contributed by atoms with Gasteiger partial charge in [0.15, 0.2) is 0 Å². The Balaban J connectivity index is 2.88. The van der Waals surface area contributed by atoms with Crippen LogP contribution in [-0.4, -0.2) is 25.0 Å². The number of nitrogens with zero attached hydrogens (tertiary/aromatic N) is 1. The fraction of sp³-hybridized carbons (Fsp3) is 0.500. The molecule has 0 bridgehead atoms. The number of rotatable bonds is 6. The molecule has 0 heterocycles. The number of amides is 1. The molecule has 1 aromatic carbocycles. The van der Waals surface area contributed by atoms with Crippen molar-refractivity contribution in [3.63, 3.8) is 0 Å². The monoisotopic (exact) mass is 283 g/mol. The summed E-state index contributed by atoms with van der Waals surface area (Å²) >= 11 is 5.96. The SMILES string of the molecule is CCN(CC(=O)NC(C)C)c1ccc(Cl)cc1CN. The Labute approximate surface area is 119 Å². The van der Waals surface area contributed by atoms with E-state index in [1.807, 2.05) is 43.9 Å². The molecular weight excluding hydrogens is 262 g/mol. The number of anilines is 1. The van der Waals surface area contributed by atoms with Crippen LogP contribution in [0, 0.1) is 0 Å². The van der Waals surface area contributed by atoms with Crippen LogP contribution >= 0.6 is 11.6 Å². The van der Waals surface area contributed by atoms with Gasteiger partial charge in [0.2, 0.25) is 5.91 Å². The summed E-state index contributed by atoms with van der Waals surface area (Å²) in [7, 11) is 0. The van der Waals surface area contributed by atoms with Gasteiger partial charge >= 0.3 is 0 Å². The molecule has 106 valence electrons. The predicted octanol–water partition coefficient (Wildman–Crippen LogP) is 2.15. The van der Waals surface area contributed by atoms with Gasteiger partial charge in [0.05, 0.1) is 6.54 Å². The quantitative estimate of drug-likeness (QED) is 0.841. The first-order valence-corrected chi connectivity index (χ1v) is 6.88. The molecule has 4 nitrogen and oxygen atoms in total. The molecule has 0 aliphatic carbocycles. The van der Waals surface area contributed by atoms with E-state index in [0.29, 0.717) is 18.1 Å². The molecular formula is C14H22ClN3O. The first-order chi connectivity index (χ1) is 8.97. The Morgan fingerprint density at radius 2 is 2.16 bits per heavy atom. The second kappa shape index (κ2) is 7.36. The molecule has 19 heavy (non-hydrogen) atoms. The molecule has 0 radical (unpaired) electrons. The number of hydrogen-bond acceptors (Lipinski definition) is 3. The van der Waals surface area contributed by atoms with E-state index in [1.165, 1.54) is 0 Å². The maximum absolute atomic E-state index is 11.9. The van der Waals surface area contributed by atoms with E-state index >= 15 is 0 Å². The van der Waals surface area contributed by atoms with E-state index in [4.69, 9.17) is 17.3 Å². The van der Waals surface area contributed by atoms with Gasteiger partial charge in [-0.15, -0.1) is 0 Å². The van der Waals surface area contributed by atoms with Gasteiger partial charge in [0.1, 0.15) is 0 Å². The van der Waals surface area contributed by atoms with Crippen LogP contribution in [0.4, 0.5) is 5.69 Å². The van der Waals surface area contributed by atoms with Crippen LogP contribution in [0.3, 0.4) is 0 Å². The lowest BCUT2D eigenvalue weighted by Gasteiger charge is -2.25. The van der Waals surface area contributed by atoms with E-state index in [-0.39, 0.29) is 11.9 Å². The van der Waals surface area contributed by atoms with E-state index in [1.54, 1.807) is 0 Å². The van der Waals surface area contributed by atoms with Gasteiger partial charge < -0.3 is 16.0 Å². The van der Waals surface area contributed by atoms with Crippen LogP contribution in [-0.2, 0) is 11.3 Å². The summed E-state index contributed by atoms with van der Waals surface area (Å²) in [6.07, 6.45) is 0. The van der Waals surface area contributed by atoms with Gasteiger partial charge in [-0.25, -0.2) is 0 Å². The maximum Gasteiger partial charge on any atom is 0.239 e. The third kappa shape index (κ3) is 4.73. The van der Waals surface area contributed by atoms with Gasteiger partial charge in [-0.05, 0) is 44.5 Å². The summed E-state index contributed by atoms with van der Waals surface area (Å²) in [6.45, 7) is 7.36. The summed E-state index contributed by atoms with van der Waals surface area (Å²) < 4.78 is 0. The van der Waals surface area contributed by atoms with E-state index < -0.39 is 0 Å². The average Bonchev–Trinajstić information content (AvgIpc) is 2.35. The molecule has 0 saturated carbocycles. The number of halogens is 1. The zero-order valence-electron chi connectivity index (χ0n) is 11.7. The van der Waals surface area contributed by atoms with Crippen LogP contribution in [0.25, 0.3) is 0 Å². The molecule has 1 rings (SSSR count). The Bertz CT molecular complexity index is 435. The van der Waals surface area contributed by atoms with Crippen molar-refractivity contribution in [3.05, 3.63) is 28.8 Å². The fourth-order valence-corrected chi connectivity index (χ4v) is 2.13. The van der Waals surface area contributed by atoms with Crippen molar-refractivity contribution in [2.24, 2.45) is 5.73 Å². The van der Waals surface area contributed by atoms with Gasteiger partial charge in [-0.1, -0.05) is 11.6 Å². The molecule has 1 aromatic rings. The highest BCUT2D eigenvalue weighted by atomic mass is 35.5. The average molecular weight is 284 g/mol. The van der Waals surface area contributed by atoms with Crippen molar-refractivity contribution < 1.29 is 4.79 Å². The molecule has 5 heteroatoms. The highest BCUT2D eigenvalue weighted by Crippen LogP contribution is 2.23. The Morgan fingerprint density at radius 3 is 2.68 bits per heavy atom. The topological polar surface area (TPSA) is 58.4 Å². The number of carbonyl (C=O) groups is 1. The highest BCUT2D eigenvalue weighted by molar-refractivity contribution is 6.30. The Hall–Kier alpha value is -1.26. The normalized spacial score (nSPS) is 10.6. The van der Waals surface area contributed by atoms with E-state index in [0.717, 1.165) is 17.8 Å². The summed E-state index contributed by atoms with van der Waals surface area (Å²) in [5.74, 6) is 0.00905. The molecule has 0 aromatic heterocycles. The van der Waals surface area contributed by atoms with Crippen molar-refractivity contribution in [1.82, 2.24) is 5.32 Å². The molecule has 0 fully saturated rings. The van der Waals surface area contributed by atoms with Crippen molar-refractivity contribution in [3.8, 4) is 0 Å². The third-order valence-corrected chi connectivity index (χ3v) is 3.00. The summed E-state index contributed by atoms with van der Waals surface area (Å²) in [5.41, 5.74) is 7.65.